The number of benzene rings is 1. The van der Waals surface area contributed by atoms with E-state index in [1.807, 2.05) is 17.8 Å². The lowest BCUT2D eigenvalue weighted by molar-refractivity contribution is 0.287. The number of anilines is 1. The van der Waals surface area contributed by atoms with Gasteiger partial charge in [-0.1, -0.05) is 6.07 Å². The van der Waals surface area contributed by atoms with Gasteiger partial charge in [-0.2, -0.15) is 11.8 Å². The van der Waals surface area contributed by atoms with Gasteiger partial charge < -0.3 is 4.90 Å². The predicted octanol–water partition coefficient (Wildman–Crippen LogP) is 3.61. The van der Waals surface area contributed by atoms with Gasteiger partial charge in [0.05, 0.1) is 5.69 Å². The van der Waals surface area contributed by atoms with E-state index in [4.69, 9.17) is 0 Å². The van der Waals surface area contributed by atoms with Crippen LogP contribution < -0.4 is 4.90 Å². The van der Waals surface area contributed by atoms with E-state index in [0.717, 1.165) is 44.0 Å². The van der Waals surface area contributed by atoms with E-state index in [2.05, 4.69) is 29.7 Å². The summed E-state index contributed by atoms with van der Waals surface area (Å²) in [5.41, 5.74) is 1.82. The van der Waals surface area contributed by atoms with Crippen LogP contribution in [0.1, 0.15) is 25.8 Å². The first-order chi connectivity index (χ1) is 9.74. The largest absolute Gasteiger partial charge is 0.370 e. The summed E-state index contributed by atoms with van der Waals surface area (Å²) in [6, 6.07) is 5.73. The van der Waals surface area contributed by atoms with E-state index in [1.54, 1.807) is 6.07 Å². The molecule has 0 atom stereocenters. The molecule has 1 saturated heterocycles. The highest BCUT2D eigenvalue weighted by atomic mass is 32.2. The number of rotatable bonds is 5. The fraction of sp³-hybridized carbons (Fsp3) is 0.625. The van der Waals surface area contributed by atoms with E-state index in [9.17, 15) is 4.39 Å². The average molecular weight is 296 g/mol. The van der Waals surface area contributed by atoms with Gasteiger partial charge in [0.25, 0.3) is 0 Å². The van der Waals surface area contributed by atoms with Crippen molar-refractivity contribution in [3.05, 3.63) is 29.6 Å². The molecule has 1 aromatic rings. The lowest BCUT2D eigenvalue weighted by Crippen LogP contribution is -2.26. The summed E-state index contributed by atoms with van der Waals surface area (Å²) in [5, 5.41) is 0. The molecule has 1 fully saturated rings. The molecule has 0 radical (unpaired) electrons. The molecule has 112 valence electrons. The maximum Gasteiger partial charge on any atom is 0.146 e. The number of hydrogen-bond donors (Lipinski definition) is 0. The normalized spacial score (nSPS) is 16.9. The molecule has 0 unspecified atom stereocenters. The second-order valence-electron chi connectivity index (χ2n) is 5.20. The van der Waals surface area contributed by atoms with Gasteiger partial charge in [0.15, 0.2) is 0 Å². The lowest BCUT2D eigenvalue weighted by Gasteiger charge is -2.23. The Morgan fingerprint density at radius 1 is 1.20 bits per heavy atom. The second kappa shape index (κ2) is 7.89. The molecule has 1 aromatic carbocycles. The van der Waals surface area contributed by atoms with Crippen molar-refractivity contribution in [2.45, 2.75) is 26.8 Å². The topological polar surface area (TPSA) is 6.48 Å². The zero-order valence-corrected chi connectivity index (χ0v) is 13.4. The van der Waals surface area contributed by atoms with Crippen LogP contribution in [0.4, 0.5) is 10.1 Å². The molecule has 2 nitrogen and oxygen atoms in total. The Labute approximate surface area is 126 Å². The summed E-state index contributed by atoms with van der Waals surface area (Å²) >= 11 is 2.02. The van der Waals surface area contributed by atoms with Gasteiger partial charge in [-0.15, -0.1) is 0 Å². The first kappa shape index (κ1) is 15.6. The van der Waals surface area contributed by atoms with Gasteiger partial charge in [0.2, 0.25) is 0 Å². The van der Waals surface area contributed by atoms with Gasteiger partial charge in [-0.05, 0) is 50.3 Å². The van der Waals surface area contributed by atoms with Crippen LogP contribution in [0.5, 0.6) is 0 Å². The van der Waals surface area contributed by atoms with Crippen molar-refractivity contribution < 1.29 is 4.39 Å². The highest BCUT2D eigenvalue weighted by Crippen LogP contribution is 2.21. The molecule has 4 heteroatoms. The number of hydrogen-bond acceptors (Lipinski definition) is 3. The van der Waals surface area contributed by atoms with E-state index in [0.29, 0.717) is 0 Å². The van der Waals surface area contributed by atoms with Crippen LogP contribution in [0.15, 0.2) is 18.2 Å². The summed E-state index contributed by atoms with van der Waals surface area (Å²) in [6.07, 6.45) is 1.24. The van der Waals surface area contributed by atoms with Crippen LogP contribution in [0.25, 0.3) is 0 Å². The molecule has 2 rings (SSSR count). The van der Waals surface area contributed by atoms with Gasteiger partial charge in [0, 0.05) is 31.9 Å². The summed E-state index contributed by atoms with van der Waals surface area (Å²) in [5.74, 6) is 2.36. The highest BCUT2D eigenvalue weighted by Gasteiger charge is 2.12. The predicted molar refractivity (Wildman–Crippen MR) is 87.2 cm³/mol. The third kappa shape index (κ3) is 4.13. The maximum atomic E-state index is 14.2. The molecule has 1 heterocycles. The Morgan fingerprint density at radius 3 is 2.70 bits per heavy atom. The zero-order valence-electron chi connectivity index (χ0n) is 12.6. The van der Waals surface area contributed by atoms with E-state index >= 15 is 0 Å². The fourth-order valence-corrected chi connectivity index (χ4v) is 3.61. The van der Waals surface area contributed by atoms with E-state index in [1.165, 1.54) is 17.9 Å². The average Bonchev–Trinajstić information content (AvgIpc) is 2.71. The Morgan fingerprint density at radius 2 is 2.00 bits per heavy atom. The monoisotopic (exact) mass is 296 g/mol. The highest BCUT2D eigenvalue weighted by molar-refractivity contribution is 7.99. The third-order valence-corrected chi connectivity index (χ3v) is 4.89. The molecule has 0 N–H and O–H groups in total. The van der Waals surface area contributed by atoms with Gasteiger partial charge in [0.1, 0.15) is 5.82 Å². The number of halogens is 1. The quantitative estimate of drug-likeness (QED) is 0.819. The molecule has 20 heavy (non-hydrogen) atoms. The van der Waals surface area contributed by atoms with E-state index < -0.39 is 0 Å². The molecule has 0 amide bonds. The molecule has 0 spiro atoms. The summed E-state index contributed by atoms with van der Waals surface area (Å²) in [7, 11) is 0. The Kier molecular flexibility index (Phi) is 6.17. The first-order valence-corrected chi connectivity index (χ1v) is 8.73. The minimum Gasteiger partial charge on any atom is -0.370 e. The molecular formula is C16H25FN2S. The third-order valence-electron chi connectivity index (χ3n) is 3.84. The maximum absolute atomic E-state index is 14.2. The number of thioether (sulfide) groups is 1. The summed E-state index contributed by atoms with van der Waals surface area (Å²) < 4.78 is 14.2. The van der Waals surface area contributed by atoms with Crippen LogP contribution >= 0.6 is 11.8 Å². The van der Waals surface area contributed by atoms with Crippen LogP contribution in [0, 0.1) is 5.82 Å². The SMILES string of the molecule is CCN(CC)c1ccc(CN2CCCSCC2)cc1F. The van der Waals surface area contributed by atoms with Crippen molar-refractivity contribution in [2.24, 2.45) is 0 Å². The van der Waals surface area contributed by atoms with Crippen molar-refractivity contribution in [1.82, 2.24) is 4.90 Å². The first-order valence-electron chi connectivity index (χ1n) is 7.58. The molecule has 1 aliphatic heterocycles. The van der Waals surface area contributed by atoms with Gasteiger partial charge in [-0.25, -0.2) is 4.39 Å². The molecule has 0 aromatic heterocycles. The Balaban J connectivity index is 2.04. The Bertz CT molecular complexity index is 413. The fourth-order valence-electron chi connectivity index (χ4n) is 2.68. The summed E-state index contributed by atoms with van der Waals surface area (Å²) in [4.78, 5) is 4.49. The molecule has 0 bridgehead atoms. The van der Waals surface area contributed by atoms with Gasteiger partial charge in [-0.3, -0.25) is 4.90 Å². The zero-order chi connectivity index (χ0) is 14.4. The van der Waals surface area contributed by atoms with Crippen LogP contribution in [-0.2, 0) is 6.54 Å². The number of nitrogens with zero attached hydrogens (tertiary/aromatic N) is 2. The van der Waals surface area contributed by atoms with Crippen molar-refractivity contribution in [3.63, 3.8) is 0 Å². The standard InChI is InChI=1S/C16H25FN2S/c1-3-19(4-2)16-7-6-14(12-15(16)17)13-18-8-5-10-20-11-9-18/h6-7,12H,3-5,8-11,13H2,1-2H3. The van der Waals surface area contributed by atoms with Crippen LogP contribution in [0.2, 0.25) is 0 Å². The van der Waals surface area contributed by atoms with Crippen molar-refractivity contribution in [1.29, 1.82) is 0 Å². The minimum absolute atomic E-state index is 0.0876. The molecule has 0 aliphatic carbocycles. The van der Waals surface area contributed by atoms with Crippen LogP contribution in [-0.4, -0.2) is 42.6 Å². The van der Waals surface area contributed by atoms with Crippen molar-refractivity contribution in [3.8, 4) is 0 Å². The van der Waals surface area contributed by atoms with Gasteiger partial charge >= 0.3 is 0 Å². The van der Waals surface area contributed by atoms with Crippen LogP contribution in [0.3, 0.4) is 0 Å². The van der Waals surface area contributed by atoms with Crippen molar-refractivity contribution >= 4 is 17.4 Å². The lowest BCUT2D eigenvalue weighted by atomic mass is 10.1. The Hall–Kier alpha value is -0.740. The van der Waals surface area contributed by atoms with Crippen molar-refractivity contribution in [2.75, 3.05) is 42.6 Å². The summed E-state index contributed by atoms with van der Waals surface area (Å²) in [6.45, 7) is 8.93. The second-order valence-corrected chi connectivity index (χ2v) is 6.42. The van der Waals surface area contributed by atoms with E-state index in [-0.39, 0.29) is 5.82 Å². The smallest absolute Gasteiger partial charge is 0.146 e. The molecular weight excluding hydrogens is 271 g/mol. The minimum atomic E-state index is -0.0876. The molecule has 0 saturated carbocycles. The molecule has 1 aliphatic rings.